The second kappa shape index (κ2) is 13.9. The lowest BCUT2D eigenvalue weighted by Gasteiger charge is -2.29. The minimum atomic E-state index is -0.199. The van der Waals surface area contributed by atoms with Crippen molar-refractivity contribution in [3.8, 4) is 0 Å². The van der Waals surface area contributed by atoms with E-state index in [0.717, 1.165) is 69.5 Å². The number of unbranched alkanes of at least 4 members (excludes halogenated alkanes) is 4. The van der Waals surface area contributed by atoms with E-state index in [-0.39, 0.29) is 5.82 Å². The molecule has 0 saturated carbocycles. The molecule has 1 aliphatic heterocycles. The minimum Gasteiger partial charge on any atom is -0.379 e. The standard InChI is InChI=1S/C22H36FN3OS/c1-2-3-4-5-6-12-24-22(28)26(19-20-8-10-21(23)11-9-20)14-7-13-25-15-17-27-18-16-25/h8-11H,2-7,12-19H2,1H3,(H,24,28). The van der Waals surface area contributed by atoms with Gasteiger partial charge in [-0.05, 0) is 42.8 Å². The molecule has 0 atom stereocenters. The van der Waals surface area contributed by atoms with E-state index in [2.05, 4.69) is 22.0 Å². The molecular formula is C22H36FN3OS. The second-order valence-electron chi connectivity index (χ2n) is 7.50. The van der Waals surface area contributed by atoms with Gasteiger partial charge in [0.2, 0.25) is 0 Å². The highest BCUT2D eigenvalue weighted by atomic mass is 32.1. The molecule has 1 heterocycles. The van der Waals surface area contributed by atoms with E-state index in [1.165, 1.54) is 37.8 Å². The molecular weight excluding hydrogens is 373 g/mol. The summed E-state index contributed by atoms with van der Waals surface area (Å²) >= 11 is 5.68. The van der Waals surface area contributed by atoms with Gasteiger partial charge in [0, 0.05) is 39.3 Å². The third kappa shape index (κ3) is 9.30. The van der Waals surface area contributed by atoms with Crippen molar-refractivity contribution in [2.75, 3.05) is 45.9 Å². The molecule has 0 radical (unpaired) electrons. The van der Waals surface area contributed by atoms with Gasteiger partial charge in [-0.15, -0.1) is 0 Å². The zero-order valence-corrected chi connectivity index (χ0v) is 18.1. The smallest absolute Gasteiger partial charge is 0.169 e. The summed E-state index contributed by atoms with van der Waals surface area (Å²) in [6.45, 7) is 9.51. The number of benzene rings is 1. The molecule has 158 valence electrons. The molecule has 1 saturated heterocycles. The van der Waals surface area contributed by atoms with Gasteiger partial charge in [-0.25, -0.2) is 4.39 Å². The fourth-order valence-electron chi connectivity index (χ4n) is 3.41. The molecule has 28 heavy (non-hydrogen) atoms. The molecule has 1 fully saturated rings. The SMILES string of the molecule is CCCCCCCNC(=S)N(CCCN1CCOCC1)Cc1ccc(F)cc1. The molecule has 1 aromatic rings. The van der Waals surface area contributed by atoms with E-state index in [9.17, 15) is 4.39 Å². The van der Waals surface area contributed by atoms with Gasteiger partial charge in [0.15, 0.2) is 5.11 Å². The normalized spacial score (nSPS) is 14.8. The number of hydrogen-bond donors (Lipinski definition) is 1. The van der Waals surface area contributed by atoms with Crippen LogP contribution in [0.25, 0.3) is 0 Å². The van der Waals surface area contributed by atoms with Crippen LogP contribution in [-0.2, 0) is 11.3 Å². The molecule has 6 heteroatoms. The Kier molecular flexibility index (Phi) is 11.4. The van der Waals surface area contributed by atoms with Gasteiger partial charge in [-0.1, -0.05) is 44.7 Å². The first-order valence-corrected chi connectivity index (χ1v) is 11.2. The lowest BCUT2D eigenvalue weighted by Crippen LogP contribution is -2.42. The Morgan fingerprint density at radius 3 is 2.54 bits per heavy atom. The summed E-state index contributed by atoms with van der Waals surface area (Å²) in [5.41, 5.74) is 1.08. The first kappa shape index (κ1) is 23.0. The maximum absolute atomic E-state index is 13.2. The number of morpholine rings is 1. The first-order chi connectivity index (χ1) is 13.7. The van der Waals surface area contributed by atoms with Crippen molar-refractivity contribution in [2.24, 2.45) is 0 Å². The van der Waals surface area contributed by atoms with Crippen LogP contribution in [0.2, 0.25) is 0 Å². The molecule has 4 nitrogen and oxygen atoms in total. The number of thiocarbonyl (C=S) groups is 1. The van der Waals surface area contributed by atoms with Crippen LogP contribution in [0.5, 0.6) is 0 Å². The molecule has 0 spiro atoms. The van der Waals surface area contributed by atoms with Crippen LogP contribution in [0, 0.1) is 5.82 Å². The number of hydrogen-bond acceptors (Lipinski definition) is 3. The zero-order valence-electron chi connectivity index (χ0n) is 17.3. The molecule has 0 unspecified atom stereocenters. The van der Waals surface area contributed by atoms with E-state index >= 15 is 0 Å². The third-order valence-electron chi connectivity index (χ3n) is 5.14. The van der Waals surface area contributed by atoms with E-state index in [1.807, 2.05) is 12.1 Å². The van der Waals surface area contributed by atoms with Gasteiger partial charge in [-0.2, -0.15) is 0 Å². The summed E-state index contributed by atoms with van der Waals surface area (Å²) in [5.74, 6) is -0.199. The monoisotopic (exact) mass is 409 g/mol. The highest BCUT2D eigenvalue weighted by molar-refractivity contribution is 7.80. The Balaban J connectivity index is 1.79. The van der Waals surface area contributed by atoms with E-state index in [0.29, 0.717) is 6.54 Å². The van der Waals surface area contributed by atoms with Crippen molar-refractivity contribution in [3.05, 3.63) is 35.6 Å². The maximum Gasteiger partial charge on any atom is 0.169 e. The van der Waals surface area contributed by atoms with Crippen molar-refractivity contribution >= 4 is 17.3 Å². The van der Waals surface area contributed by atoms with E-state index < -0.39 is 0 Å². The Labute approximate surface area is 175 Å². The fraction of sp³-hybridized carbons (Fsp3) is 0.682. The second-order valence-corrected chi connectivity index (χ2v) is 7.89. The number of nitrogens with zero attached hydrogens (tertiary/aromatic N) is 2. The molecule has 0 aliphatic carbocycles. The van der Waals surface area contributed by atoms with Crippen LogP contribution in [0.15, 0.2) is 24.3 Å². The highest BCUT2D eigenvalue weighted by Crippen LogP contribution is 2.09. The number of ether oxygens (including phenoxy) is 1. The molecule has 2 rings (SSSR count). The van der Waals surface area contributed by atoms with Gasteiger partial charge in [0.25, 0.3) is 0 Å². The predicted molar refractivity (Wildman–Crippen MR) is 118 cm³/mol. The maximum atomic E-state index is 13.2. The minimum absolute atomic E-state index is 0.199. The van der Waals surface area contributed by atoms with Gasteiger partial charge in [-0.3, -0.25) is 4.90 Å². The van der Waals surface area contributed by atoms with Crippen LogP contribution in [-0.4, -0.2) is 60.8 Å². The summed E-state index contributed by atoms with van der Waals surface area (Å²) in [6.07, 6.45) is 7.32. The lowest BCUT2D eigenvalue weighted by molar-refractivity contribution is 0.0367. The van der Waals surface area contributed by atoms with Crippen molar-refractivity contribution in [1.82, 2.24) is 15.1 Å². The Morgan fingerprint density at radius 1 is 1.11 bits per heavy atom. The fourth-order valence-corrected chi connectivity index (χ4v) is 3.67. The van der Waals surface area contributed by atoms with Crippen LogP contribution in [0.1, 0.15) is 51.0 Å². The lowest BCUT2D eigenvalue weighted by atomic mass is 10.1. The topological polar surface area (TPSA) is 27.7 Å². The molecule has 1 aromatic carbocycles. The van der Waals surface area contributed by atoms with Crippen LogP contribution in [0.3, 0.4) is 0 Å². The first-order valence-electron chi connectivity index (χ1n) is 10.8. The van der Waals surface area contributed by atoms with Crippen molar-refractivity contribution in [2.45, 2.75) is 52.0 Å². The summed E-state index contributed by atoms with van der Waals surface area (Å²) < 4.78 is 18.6. The number of nitrogens with one attached hydrogen (secondary N) is 1. The van der Waals surface area contributed by atoms with Crippen molar-refractivity contribution < 1.29 is 9.13 Å². The highest BCUT2D eigenvalue weighted by Gasteiger charge is 2.13. The largest absolute Gasteiger partial charge is 0.379 e. The van der Waals surface area contributed by atoms with Gasteiger partial charge >= 0.3 is 0 Å². The molecule has 1 aliphatic rings. The average Bonchev–Trinajstić information content (AvgIpc) is 2.72. The van der Waals surface area contributed by atoms with Crippen LogP contribution < -0.4 is 5.32 Å². The molecule has 0 amide bonds. The summed E-state index contributed by atoms with van der Waals surface area (Å²) in [5, 5.41) is 4.24. The predicted octanol–water partition coefficient (Wildman–Crippen LogP) is 4.19. The molecule has 1 N–H and O–H groups in total. The van der Waals surface area contributed by atoms with Crippen molar-refractivity contribution in [1.29, 1.82) is 0 Å². The summed E-state index contributed by atoms with van der Waals surface area (Å²) in [4.78, 5) is 4.67. The Hall–Kier alpha value is -1.24. The quantitative estimate of drug-likeness (QED) is 0.413. The third-order valence-corrected chi connectivity index (χ3v) is 5.54. The van der Waals surface area contributed by atoms with Crippen LogP contribution >= 0.6 is 12.2 Å². The average molecular weight is 410 g/mol. The Bertz CT molecular complexity index is 549. The van der Waals surface area contributed by atoms with E-state index in [4.69, 9.17) is 17.0 Å². The van der Waals surface area contributed by atoms with E-state index in [1.54, 1.807) is 0 Å². The van der Waals surface area contributed by atoms with Crippen molar-refractivity contribution in [3.63, 3.8) is 0 Å². The van der Waals surface area contributed by atoms with Gasteiger partial charge in [0.05, 0.1) is 13.2 Å². The number of halogens is 1. The Morgan fingerprint density at radius 2 is 1.82 bits per heavy atom. The summed E-state index contributed by atoms with van der Waals surface area (Å²) in [6, 6.07) is 6.73. The number of rotatable bonds is 12. The molecule has 0 aromatic heterocycles. The van der Waals surface area contributed by atoms with Gasteiger partial charge < -0.3 is 15.0 Å². The molecule has 0 bridgehead atoms. The zero-order chi connectivity index (χ0) is 20.0. The summed E-state index contributed by atoms with van der Waals surface area (Å²) in [7, 11) is 0. The van der Waals surface area contributed by atoms with Crippen LogP contribution in [0.4, 0.5) is 4.39 Å². The van der Waals surface area contributed by atoms with Gasteiger partial charge in [0.1, 0.15) is 5.82 Å².